The van der Waals surface area contributed by atoms with Crippen molar-refractivity contribution in [3.63, 3.8) is 0 Å². The minimum atomic E-state index is -0.351. The van der Waals surface area contributed by atoms with Crippen LogP contribution in [0.1, 0.15) is 19.3 Å². The molecule has 5 nitrogen and oxygen atoms in total. The van der Waals surface area contributed by atoms with Gasteiger partial charge in [-0.15, -0.1) is 0 Å². The minimum Gasteiger partial charge on any atom is -0.384 e. The van der Waals surface area contributed by atoms with Gasteiger partial charge in [-0.3, -0.25) is 9.59 Å². The van der Waals surface area contributed by atoms with Crippen molar-refractivity contribution < 1.29 is 14.3 Å². The predicted octanol–water partition coefficient (Wildman–Crippen LogP) is -0.240. The lowest BCUT2D eigenvalue weighted by atomic mass is 10.1. The van der Waals surface area contributed by atoms with Gasteiger partial charge in [-0.2, -0.15) is 0 Å². The zero-order valence-corrected chi connectivity index (χ0v) is 9.78. The number of rotatable bonds is 4. The maximum atomic E-state index is 12.0. The van der Waals surface area contributed by atoms with E-state index in [0.29, 0.717) is 13.0 Å². The van der Waals surface area contributed by atoms with Crippen LogP contribution in [0, 0.1) is 5.41 Å². The van der Waals surface area contributed by atoms with Crippen LogP contribution in [0.5, 0.6) is 0 Å². The summed E-state index contributed by atoms with van der Waals surface area (Å²) in [5.74, 6) is -0.00966. The molecular weight excluding hydrogens is 208 g/mol. The van der Waals surface area contributed by atoms with Crippen LogP contribution in [-0.4, -0.2) is 50.1 Å². The monoisotopic (exact) mass is 226 g/mol. The van der Waals surface area contributed by atoms with E-state index < -0.39 is 0 Å². The molecule has 90 valence electrons. The number of methoxy groups -OCH3 is 1. The molecule has 2 aliphatic rings. The Labute approximate surface area is 95.1 Å². The smallest absolute Gasteiger partial charge is 0.244 e. The number of carbonyl (C=O) groups is 2. The van der Waals surface area contributed by atoms with Crippen molar-refractivity contribution in [1.82, 2.24) is 10.2 Å². The number of ether oxygens (including phenoxy) is 1. The van der Waals surface area contributed by atoms with Gasteiger partial charge < -0.3 is 15.0 Å². The van der Waals surface area contributed by atoms with Gasteiger partial charge in [-0.1, -0.05) is 0 Å². The molecular formula is C11H18N2O3. The van der Waals surface area contributed by atoms with Crippen LogP contribution in [0.25, 0.3) is 0 Å². The van der Waals surface area contributed by atoms with Crippen molar-refractivity contribution in [3.05, 3.63) is 0 Å². The summed E-state index contributed by atoms with van der Waals surface area (Å²) in [4.78, 5) is 25.2. The lowest BCUT2D eigenvalue weighted by molar-refractivity contribution is -0.134. The lowest BCUT2D eigenvalue weighted by Crippen LogP contribution is -2.45. The van der Waals surface area contributed by atoms with Crippen molar-refractivity contribution in [2.45, 2.75) is 25.3 Å². The molecule has 1 N–H and O–H groups in total. The number of nitrogens with one attached hydrogen (secondary N) is 1. The topological polar surface area (TPSA) is 58.6 Å². The Bertz CT molecular complexity index is 312. The maximum absolute atomic E-state index is 12.0. The number of amides is 2. The summed E-state index contributed by atoms with van der Waals surface area (Å²) < 4.78 is 5.05. The second-order valence-corrected chi connectivity index (χ2v) is 4.79. The van der Waals surface area contributed by atoms with Gasteiger partial charge in [-0.25, -0.2) is 0 Å². The Morgan fingerprint density at radius 1 is 1.62 bits per heavy atom. The zero-order chi connectivity index (χ0) is 11.8. The van der Waals surface area contributed by atoms with E-state index in [-0.39, 0.29) is 23.3 Å². The highest BCUT2D eigenvalue weighted by Gasteiger charge is 2.51. The second kappa shape index (κ2) is 4.05. The molecule has 1 atom stereocenters. The summed E-state index contributed by atoms with van der Waals surface area (Å²) >= 11 is 0. The van der Waals surface area contributed by atoms with E-state index in [2.05, 4.69) is 5.32 Å². The maximum Gasteiger partial charge on any atom is 0.244 e. The molecule has 0 aromatic heterocycles. The first-order chi connectivity index (χ1) is 7.59. The highest BCUT2D eigenvalue weighted by atomic mass is 16.5. The molecule has 2 amide bonds. The second-order valence-electron chi connectivity index (χ2n) is 4.79. The summed E-state index contributed by atoms with van der Waals surface area (Å²) in [6, 6.07) is -0.327. The summed E-state index contributed by atoms with van der Waals surface area (Å²) in [6.07, 6.45) is 2.44. The molecule has 0 aromatic carbocycles. The van der Waals surface area contributed by atoms with E-state index in [0.717, 1.165) is 19.4 Å². The third kappa shape index (κ3) is 1.91. The molecule has 1 aliphatic carbocycles. The molecule has 0 radical (unpaired) electrons. The Balaban J connectivity index is 1.91. The van der Waals surface area contributed by atoms with Crippen molar-refractivity contribution in [1.29, 1.82) is 0 Å². The van der Waals surface area contributed by atoms with Crippen LogP contribution in [0.3, 0.4) is 0 Å². The van der Waals surface area contributed by atoms with E-state index in [9.17, 15) is 9.59 Å². The minimum absolute atomic E-state index is 0.0153. The average Bonchev–Trinajstić information content (AvgIpc) is 2.97. The molecule has 0 spiro atoms. The Morgan fingerprint density at radius 3 is 2.75 bits per heavy atom. The van der Waals surface area contributed by atoms with Crippen LogP contribution < -0.4 is 5.32 Å². The van der Waals surface area contributed by atoms with Gasteiger partial charge in [-0.05, 0) is 19.3 Å². The van der Waals surface area contributed by atoms with Crippen LogP contribution >= 0.6 is 0 Å². The quantitative estimate of drug-likeness (QED) is 0.719. The van der Waals surface area contributed by atoms with Gasteiger partial charge in [0.25, 0.3) is 0 Å². The number of hydrogen-bond acceptors (Lipinski definition) is 3. The van der Waals surface area contributed by atoms with Crippen molar-refractivity contribution in [2.24, 2.45) is 5.41 Å². The van der Waals surface area contributed by atoms with E-state index in [1.165, 1.54) is 0 Å². The van der Waals surface area contributed by atoms with Gasteiger partial charge in [0.15, 0.2) is 0 Å². The molecule has 1 unspecified atom stereocenters. The molecule has 2 rings (SSSR count). The summed E-state index contributed by atoms with van der Waals surface area (Å²) in [5.41, 5.74) is -0.351. The first kappa shape index (κ1) is 11.4. The molecule has 1 saturated carbocycles. The Hall–Kier alpha value is -1.10. The van der Waals surface area contributed by atoms with E-state index in [1.54, 1.807) is 19.1 Å². The number of likely N-dealkylation sites (N-methyl/N-ethyl adjacent to an activating group) is 1. The molecule has 1 heterocycles. The van der Waals surface area contributed by atoms with Gasteiger partial charge in [0.1, 0.15) is 6.04 Å². The van der Waals surface area contributed by atoms with Gasteiger partial charge in [0.2, 0.25) is 11.8 Å². The lowest BCUT2D eigenvalue weighted by Gasteiger charge is -2.17. The normalized spacial score (nSPS) is 27.0. The van der Waals surface area contributed by atoms with E-state index in [4.69, 9.17) is 4.74 Å². The van der Waals surface area contributed by atoms with Gasteiger partial charge in [0.05, 0.1) is 12.0 Å². The summed E-state index contributed by atoms with van der Waals surface area (Å²) in [7, 11) is 3.36. The number of carbonyl (C=O) groups excluding carboxylic acids is 2. The fourth-order valence-corrected chi connectivity index (χ4v) is 2.13. The third-order valence-electron chi connectivity index (χ3n) is 3.49. The standard InChI is InChI=1S/C11H18N2O3/c1-13-6-3-8(9(13)14)12-10(15)11(4-5-11)7-16-2/h8H,3-7H2,1-2H3,(H,12,15). The van der Waals surface area contributed by atoms with Gasteiger partial charge >= 0.3 is 0 Å². The summed E-state index contributed by atoms with van der Waals surface area (Å²) in [6.45, 7) is 1.18. The molecule has 0 bridgehead atoms. The van der Waals surface area contributed by atoms with Crippen molar-refractivity contribution in [3.8, 4) is 0 Å². The fourth-order valence-electron chi connectivity index (χ4n) is 2.13. The van der Waals surface area contributed by atoms with E-state index >= 15 is 0 Å². The number of nitrogens with zero attached hydrogens (tertiary/aromatic N) is 1. The Morgan fingerprint density at radius 2 is 2.31 bits per heavy atom. The number of likely N-dealkylation sites (tertiary alicyclic amines) is 1. The van der Waals surface area contributed by atoms with Crippen LogP contribution in [0.15, 0.2) is 0 Å². The van der Waals surface area contributed by atoms with Crippen LogP contribution in [0.4, 0.5) is 0 Å². The first-order valence-electron chi connectivity index (χ1n) is 5.64. The largest absolute Gasteiger partial charge is 0.384 e. The molecule has 2 fully saturated rings. The molecule has 1 saturated heterocycles. The SMILES string of the molecule is COCC1(C(=O)NC2CCN(C)C2=O)CC1. The van der Waals surface area contributed by atoms with Crippen molar-refractivity contribution in [2.75, 3.05) is 27.3 Å². The predicted molar refractivity (Wildman–Crippen MR) is 57.7 cm³/mol. The molecule has 16 heavy (non-hydrogen) atoms. The van der Waals surface area contributed by atoms with E-state index in [1.807, 2.05) is 0 Å². The fraction of sp³-hybridized carbons (Fsp3) is 0.818. The van der Waals surface area contributed by atoms with Crippen LogP contribution in [-0.2, 0) is 14.3 Å². The van der Waals surface area contributed by atoms with Crippen molar-refractivity contribution >= 4 is 11.8 Å². The average molecular weight is 226 g/mol. The first-order valence-corrected chi connectivity index (χ1v) is 5.64. The Kier molecular flexibility index (Phi) is 2.88. The van der Waals surface area contributed by atoms with Gasteiger partial charge in [0, 0.05) is 20.7 Å². The highest BCUT2D eigenvalue weighted by Crippen LogP contribution is 2.46. The molecule has 5 heteroatoms. The highest BCUT2D eigenvalue weighted by molar-refractivity contribution is 5.92. The molecule has 0 aromatic rings. The van der Waals surface area contributed by atoms with Crippen LogP contribution in [0.2, 0.25) is 0 Å². The zero-order valence-electron chi connectivity index (χ0n) is 9.78. The summed E-state index contributed by atoms with van der Waals surface area (Å²) in [5, 5.41) is 2.84. The number of hydrogen-bond donors (Lipinski definition) is 1. The third-order valence-corrected chi connectivity index (χ3v) is 3.49. The molecule has 1 aliphatic heterocycles.